The Balaban J connectivity index is 1.72. The number of benzene rings is 1. The number of carbonyl (C=O) groups is 1. The Kier molecular flexibility index (Phi) is 5.23. The predicted octanol–water partition coefficient (Wildman–Crippen LogP) is 3.45. The summed E-state index contributed by atoms with van der Waals surface area (Å²) in [7, 11) is 1.87. The molecule has 2 heterocycles. The van der Waals surface area contributed by atoms with Crippen molar-refractivity contribution < 1.29 is 9.32 Å². The van der Waals surface area contributed by atoms with Crippen molar-refractivity contribution in [3.05, 3.63) is 41.7 Å². The van der Waals surface area contributed by atoms with Gasteiger partial charge in [0.2, 0.25) is 5.76 Å². The van der Waals surface area contributed by atoms with Gasteiger partial charge in [-0.1, -0.05) is 48.8 Å². The zero-order valence-corrected chi connectivity index (χ0v) is 15.5. The van der Waals surface area contributed by atoms with Crippen molar-refractivity contribution in [2.24, 2.45) is 5.92 Å². The van der Waals surface area contributed by atoms with E-state index >= 15 is 0 Å². The fourth-order valence-electron chi connectivity index (χ4n) is 3.64. The third-order valence-corrected chi connectivity index (χ3v) is 5.28. The normalized spacial score (nSPS) is 21.3. The average molecular weight is 341 g/mol. The quantitative estimate of drug-likeness (QED) is 0.855. The van der Waals surface area contributed by atoms with E-state index in [-0.39, 0.29) is 11.9 Å². The summed E-state index contributed by atoms with van der Waals surface area (Å²) >= 11 is 0. The van der Waals surface area contributed by atoms with E-state index in [9.17, 15) is 4.79 Å². The first-order valence-electron chi connectivity index (χ1n) is 9.03. The molecule has 1 aromatic heterocycles. The van der Waals surface area contributed by atoms with Gasteiger partial charge in [-0.2, -0.15) is 0 Å². The lowest BCUT2D eigenvalue weighted by Crippen LogP contribution is -2.50. The number of carbonyl (C=O) groups excluding carboxylic acids is 1. The van der Waals surface area contributed by atoms with Crippen LogP contribution in [0.1, 0.15) is 36.4 Å². The van der Waals surface area contributed by atoms with Crippen molar-refractivity contribution in [2.75, 3.05) is 26.7 Å². The van der Waals surface area contributed by atoms with Crippen LogP contribution in [0.2, 0.25) is 0 Å². The molecule has 0 unspecified atom stereocenters. The third kappa shape index (κ3) is 3.76. The van der Waals surface area contributed by atoms with Crippen LogP contribution in [0.4, 0.5) is 0 Å². The van der Waals surface area contributed by atoms with E-state index in [1.807, 2.05) is 43.1 Å². The lowest BCUT2D eigenvalue weighted by molar-refractivity contribution is 0.0485. The number of rotatable bonds is 4. The highest BCUT2D eigenvalue weighted by atomic mass is 16.5. The smallest absolute Gasteiger partial charge is 0.292 e. The maximum absolute atomic E-state index is 12.8. The molecule has 0 saturated carbocycles. The monoisotopic (exact) mass is 341 g/mol. The van der Waals surface area contributed by atoms with E-state index in [0.29, 0.717) is 17.4 Å². The maximum Gasteiger partial charge on any atom is 0.292 e. The van der Waals surface area contributed by atoms with E-state index in [1.165, 1.54) is 5.56 Å². The number of aromatic nitrogens is 1. The van der Waals surface area contributed by atoms with Gasteiger partial charge in [0.1, 0.15) is 5.69 Å². The van der Waals surface area contributed by atoms with Crippen LogP contribution in [0.25, 0.3) is 11.3 Å². The molecule has 2 atom stereocenters. The van der Waals surface area contributed by atoms with Gasteiger partial charge in [0.15, 0.2) is 0 Å². The number of nitrogens with zero attached hydrogens (tertiary/aromatic N) is 3. The molecule has 5 heteroatoms. The molecular formula is C20H27N3O2. The van der Waals surface area contributed by atoms with Gasteiger partial charge in [-0.15, -0.1) is 0 Å². The summed E-state index contributed by atoms with van der Waals surface area (Å²) in [5, 5.41) is 4.08. The van der Waals surface area contributed by atoms with Crippen molar-refractivity contribution in [2.45, 2.75) is 33.2 Å². The summed E-state index contributed by atoms with van der Waals surface area (Å²) in [6.45, 7) is 9.58. The van der Waals surface area contributed by atoms with E-state index in [2.05, 4.69) is 23.9 Å². The minimum absolute atomic E-state index is 0.0901. The zero-order chi connectivity index (χ0) is 18.0. The number of aryl methyl sites for hydroxylation is 1. The van der Waals surface area contributed by atoms with Crippen LogP contribution < -0.4 is 0 Å². The molecule has 0 radical (unpaired) electrons. The largest absolute Gasteiger partial charge is 0.350 e. The van der Waals surface area contributed by atoms with Gasteiger partial charge in [0.05, 0.1) is 0 Å². The number of hydrogen-bond acceptors (Lipinski definition) is 4. The van der Waals surface area contributed by atoms with Gasteiger partial charge in [0.25, 0.3) is 5.91 Å². The fourth-order valence-corrected chi connectivity index (χ4v) is 3.64. The minimum atomic E-state index is -0.0901. The molecule has 2 aromatic rings. The highest BCUT2D eigenvalue weighted by molar-refractivity contribution is 5.92. The predicted molar refractivity (Wildman–Crippen MR) is 98.5 cm³/mol. The molecule has 1 amide bonds. The number of amides is 1. The van der Waals surface area contributed by atoms with Crippen molar-refractivity contribution in [3.63, 3.8) is 0 Å². The fraction of sp³-hybridized carbons (Fsp3) is 0.500. The molecule has 134 valence electrons. The summed E-state index contributed by atoms with van der Waals surface area (Å²) < 4.78 is 5.35. The topological polar surface area (TPSA) is 49.6 Å². The molecule has 5 nitrogen and oxygen atoms in total. The van der Waals surface area contributed by atoms with Crippen molar-refractivity contribution in [3.8, 4) is 11.3 Å². The highest BCUT2D eigenvalue weighted by Crippen LogP contribution is 2.24. The van der Waals surface area contributed by atoms with Crippen LogP contribution in [-0.2, 0) is 0 Å². The van der Waals surface area contributed by atoms with Crippen LogP contribution in [0.5, 0.6) is 0 Å². The molecule has 0 N–H and O–H groups in total. The first-order chi connectivity index (χ1) is 12.0. The summed E-state index contributed by atoms with van der Waals surface area (Å²) in [5.74, 6) is 0.665. The Hall–Kier alpha value is -2.14. The Labute approximate surface area is 149 Å². The molecule has 0 aliphatic carbocycles. The van der Waals surface area contributed by atoms with Crippen LogP contribution >= 0.6 is 0 Å². The van der Waals surface area contributed by atoms with Crippen LogP contribution in [0.15, 0.2) is 34.9 Å². The highest BCUT2D eigenvalue weighted by Gasteiger charge is 2.32. The standard InChI is InChI=1S/C20H27N3O2/c1-5-23-11-10-18(15(3)13-23)22(4)20(24)19-12-17(21-25-19)16-8-6-14(2)7-9-16/h6-9,12,15,18H,5,10-11,13H2,1-4H3/t15-,18+/m0/s1. The number of likely N-dealkylation sites (tertiary alicyclic amines) is 1. The lowest BCUT2D eigenvalue weighted by atomic mass is 9.92. The molecule has 25 heavy (non-hydrogen) atoms. The van der Waals surface area contributed by atoms with E-state index in [0.717, 1.165) is 31.6 Å². The van der Waals surface area contributed by atoms with Gasteiger partial charge in [0, 0.05) is 37.8 Å². The third-order valence-electron chi connectivity index (χ3n) is 5.28. The van der Waals surface area contributed by atoms with Crippen LogP contribution in [0.3, 0.4) is 0 Å². The maximum atomic E-state index is 12.8. The van der Waals surface area contributed by atoms with Crippen LogP contribution in [-0.4, -0.2) is 53.6 Å². The lowest BCUT2D eigenvalue weighted by Gasteiger charge is -2.40. The first-order valence-corrected chi connectivity index (χ1v) is 9.03. The van der Waals surface area contributed by atoms with Gasteiger partial charge in [-0.25, -0.2) is 0 Å². The van der Waals surface area contributed by atoms with Crippen molar-refractivity contribution >= 4 is 5.91 Å². The van der Waals surface area contributed by atoms with E-state index in [4.69, 9.17) is 4.52 Å². The molecule has 3 rings (SSSR count). The zero-order valence-electron chi connectivity index (χ0n) is 15.5. The Morgan fingerprint density at radius 2 is 2.08 bits per heavy atom. The minimum Gasteiger partial charge on any atom is -0.350 e. The summed E-state index contributed by atoms with van der Waals surface area (Å²) in [5.41, 5.74) is 2.85. The molecule has 1 aliphatic rings. The Morgan fingerprint density at radius 1 is 1.36 bits per heavy atom. The molecule has 1 fully saturated rings. The molecule has 1 aromatic carbocycles. The molecule has 1 saturated heterocycles. The molecule has 0 spiro atoms. The summed E-state index contributed by atoms with van der Waals surface area (Å²) in [6.07, 6.45) is 0.996. The van der Waals surface area contributed by atoms with Gasteiger partial charge >= 0.3 is 0 Å². The summed E-state index contributed by atoms with van der Waals surface area (Å²) in [4.78, 5) is 17.1. The van der Waals surface area contributed by atoms with Crippen LogP contribution in [0, 0.1) is 12.8 Å². The van der Waals surface area contributed by atoms with Crippen molar-refractivity contribution in [1.29, 1.82) is 0 Å². The second-order valence-electron chi connectivity index (χ2n) is 7.09. The van der Waals surface area contributed by atoms with Gasteiger partial charge in [-0.3, -0.25) is 4.79 Å². The van der Waals surface area contributed by atoms with Crippen molar-refractivity contribution in [1.82, 2.24) is 15.0 Å². The van der Waals surface area contributed by atoms with Gasteiger partial charge in [-0.05, 0) is 25.8 Å². The number of hydrogen-bond donors (Lipinski definition) is 0. The first kappa shape index (κ1) is 17.7. The van der Waals surface area contributed by atoms with Gasteiger partial charge < -0.3 is 14.3 Å². The average Bonchev–Trinajstić information content (AvgIpc) is 3.11. The molecular weight excluding hydrogens is 314 g/mol. The number of piperidine rings is 1. The molecule has 0 bridgehead atoms. The van der Waals surface area contributed by atoms with E-state index in [1.54, 1.807) is 6.07 Å². The SMILES string of the molecule is CCN1CC[C@@H](N(C)C(=O)c2cc(-c3ccc(C)cc3)no2)[C@@H](C)C1. The Morgan fingerprint density at radius 3 is 2.72 bits per heavy atom. The second kappa shape index (κ2) is 7.40. The Bertz CT molecular complexity index is 723. The summed E-state index contributed by atoms with van der Waals surface area (Å²) in [6, 6.07) is 10.0. The molecule has 1 aliphatic heterocycles. The van der Waals surface area contributed by atoms with E-state index < -0.39 is 0 Å². The second-order valence-corrected chi connectivity index (χ2v) is 7.09.